The van der Waals surface area contributed by atoms with Gasteiger partial charge < -0.3 is 9.15 Å². The summed E-state index contributed by atoms with van der Waals surface area (Å²) in [5.74, 6) is -0.304. The Morgan fingerprint density at radius 2 is 1.89 bits per heavy atom. The molecule has 1 aromatic heterocycles. The molecule has 1 aromatic carbocycles. The number of carbonyl (C=O) groups excluding carboxylic acids is 1. The van der Waals surface area contributed by atoms with E-state index in [1.807, 2.05) is 0 Å². The molecule has 0 saturated heterocycles. The van der Waals surface area contributed by atoms with Gasteiger partial charge >= 0.3 is 5.88 Å². The van der Waals surface area contributed by atoms with Crippen LogP contribution in [0.25, 0.3) is 0 Å². The van der Waals surface area contributed by atoms with Gasteiger partial charge in [-0.1, -0.05) is 0 Å². The molecule has 6 nitrogen and oxygen atoms in total. The molecule has 0 radical (unpaired) electrons. The second-order valence-corrected chi connectivity index (χ2v) is 3.45. The fourth-order valence-corrected chi connectivity index (χ4v) is 1.43. The Morgan fingerprint density at radius 1 is 1.22 bits per heavy atom. The van der Waals surface area contributed by atoms with E-state index in [0.29, 0.717) is 11.3 Å². The van der Waals surface area contributed by atoms with E-state index < -0.39 is 16.6 Å². The summed E-state index contributed by atoms with van der Waals surface area (Å²) in [5, 5.41) is 10.4. The molecule has 0 bridgehead atoms. The van der Waals surface area contributed by atoms with Crippen molar-refractivity contribution in [2.75, 3.05) is 7.11 Å². The molecule has 0 aliphatic carbocycles. The molecule has 0 aliphatic rings. The minimum atomic E-state index is -0.690. The monoisotopic (exact) mass is 247 g/mol. The van der Waals surface area contributed by atoms with Crippen molar-refractivity contribution in [3.05, 3.63) is 57.8 Å². The minimum absolute atomic E-state index is 0.0631. The highest BCUT2D eigenvalue weighted by molar-refractivity contribution is 6.07. The fourth-order valence-electron chi connectivity index (χ4n) is 1.43. The molecule has 0 unspecified atom stereocenters. The average Bonchev–Trinajstić information content (AvgIpc) is 2.88. The van der Waals surface area contributed by atoms with E-state index in [1.54, 1.807) is 24.3 Å². The van der Waals surface area contributed by atoms with Gasteiger partial charge in [-0.05, 0) is 30.3 Å². The lowest BCUT2D eigenvalue weighted by molar-refractivity contribution is -0.402. The standard InChI is InChI=1S/C12H9NO5/c1-17-9-4-2-8(3-5-9)12(14)10-6-7-11(18-10)13(15)16/h2-7H,1H3. The van der Waals surface area contributed by atoms with Crippen molar-refractivity contribution in [3.8, 4) is 5.75 Å². The third-order valence-corrected chi connectivity index (χ3v) is 2.35. The van der Waals surface area contributed by atoms with Gasteiger partial charge in [-0.25, -0.2) is 0 Å². The van der Waals surface area contributed by atoms with Gasteiger partial charge in [-0.15, -0.1) is 0 Å². The molecule has 2 rings (SSSR count). The summed E-state index contributed by atoms with van der Waals surface area (Å²) in [5.41, 5.74) is 0.375. The Kier molecular flexibility index (Phi) is 3.09. The van der Waals surface area contributed by atoms with E-state index in [4.69, 9.17) is 9.15 Å². The predicted octanol–water partition coefficient (Wildman–Crippen LogP) is 2.43. The number of hydrogen-bond acceptors (Lipinski definition) is 5. The molecule has 6 heteroatoms. The van der Waals surface area contributed by atoms with Gasteiger partial charge in [0.15, 0.2) is 5.76 Å². The molecule has 1 heterocycles. The smallest absolute Gasteiger partial charge is 0.433 e. The number of furan rings is 1. The van der Waals surface area contributed by atoms with Crippen molar-refractivity contribution in [2.45, 2.75) is 0 Å². The van der Waals surface area contributed by atoms with Crippen LogP contribution in [0.2, 0.25) is 0 Å². The summed E-state index contributed by atoms with van der Waals surface area (Å²) in [6, 6.07) is 8.82. The zero-order valence-electron chi connectivity index (χ0n) is 9.45. The molecule has 0 aliphatic heterocycles. The average molecular weight is 247 g/mol. The normalized spacial score (nSPS) is 10.1. The highest BCUT2D eigenvalue weighted by atomic mass is 16.6. The zero-order valence-corrected chi connectivity index (χ0v) is 9.45. The summed E-state index contributed by atoms with van der Waals surface area (Å²) < 4.78 is 9.80. The summed E-state index contributed by atoms with van der Waals surface area (Å²) in [6.07, 6.45) is 0. The number of carbonyl (C=O) groups is 1. The number of hydrogen-bond donors (Lipinski definition) is 0. The van der Waals surface area contributed by atoms with Gasteiger partial charge in [0.25, 0.3) is 0 Å². The zero-order chi connectivity index (χ0) is 13.1. The Bertz CT molecular complexity index is 585. The maximum atomic E-state index is 11.9. The van der Waals surface area contributed by atoms with Gasteiger partial charge in [0.2, 0.25) is 5.78 Å². The van der Waals surface area contributed by atoms with Gasteiger partial charge in [0.05, 0.1) is 13.2 Å². The maximum Gasteiger partial charge on any atom is 0.433 e. The highest BCUT2D eigenvalue weighted by Crippen LogP contribution is 2.20. The van der Waals surface area contributed by atoms with Crippen LogP contribution in [0, 0.1) is 10.1 Å². The van der Waals surface area contributed by atoms with Crippen molar-refractivity contribution in [1.82, 2.24) is 0 Å². The molecule has 0 saturated carbocycles. The number of nitrogens with zero attached hydrogens (tertiary/aromatic N) is 1. The molecule has 0 amide bonds. The molecule has 0 atom stereocenters. The van der Waals surface area contributed by atoms with Gasteiger partial charge in [0, 0.05) is 5.56 Å². The number of benzene rings is 1. The van der Waals surface area contributed by atoms with Crippen molar-refractivity contribution in [3.63, 3.8) is 0 Å². The maximum absolute atomic E-state index is 11.9. The number of ether oxygens (including phenoxy) is 1. The van der Waals surface area contributed by atoms with Crippen molar-refractivity contribution in [1.29, 1.82) is 0 Å². The summed E-state index contributed by atoms with van der Waals surface area (Å²) in [7, 11) is 1.52. The molecule has 0 spiro atoms. The van der Waals surface area contributed by atoms with Crippen LogP contribution < -0.4 is 4.74 Å². The fraction of sp³-hybridized carbons (Fsp3) is 0.0833. The molecular formula is C12H9NO5. The van der Waals surface area contributed by atoms with Crippen LogP contribution >= 0.6 is 0 Å². The molecule has 0 N–H and O–H groups in total. The van der Waals surface area contributed by atoms with E-state index >= 15 is 0 Å². The van der Waals surface area contributed by atoms with E-state index in [9.17, 15) is 14.9 Å². The number of ketones is 1. The second-order valence-electron chi connectivity index (χ2n) is 3.45. The summed E-state index contributed by atoms with van der Waals surface area (Å²) in [6.45, 7) is 0. The number of methoxy groups -OCH3 is 1. The van der Waals surface area contributed by atoms with Gasteiger partial charge in [-0.2, -0.15) is 0 Å². The summed E-state index contributed by atoms with van der Waals surface area (Å²) in [4.78, 5) is 21.7. The van der Waals surface area contributed by atoms with Crippen LogP contribution in [0.1, 0.15) is 16.1 Å². The largest absolute Gasteiger partial charge is 0.497 e. The van der Waals surface area contributed by atoms with Gasteiger partial charge in [0.1, 0.15) is 10.7 Å². The first-order valence-electron chi connectivity index (χ1n) is 5.05. The molecular weight excluding hydrogens is 238 g/mol. The van der Waals surface area contributed by atoms with E-state index in [0.717, 1.165) is 6.07 Å². The number of rotatable bonds is 4. The Morgan fingerprint density at radius 3 is 2.39 bits per heavy atom. The lowest BCUT2D eigenvalue weighted by Gasteiger charge is -2.00. The van der Waals surface area contributed by atoms with E-state index in [1.165, 1.54) is 13.2 Å². The van der Waals surface area contributed by atoms with Crippen molar-refractivity contribution >= 4 is 11.7 Å². The lowest BCUT2D eigenvalue weighted by Crippen LogP contribution is -1.99. The topological polar surface area (TPSA) is 82.6 Å². The minimum Gasteiger partial charge on any atom is -0.497 e. The first kappa shape index (κ1) is 11.8. The number of nitro groups is 1. The molecule has 2 aromatic rings. The highest BCUT2D eigenvalue weighted by Gasteiger charge is 2.18. The summed E-state index contributed by atoms with van der Waals surface area (Å²) >= 11 is 0. The Labute approximate surface area is 102 Å². The van der Waals surface area contributed by atoms with E-state index in [-0.39, 0.29) is 5.76 Å². The SMILES string of the molecule is COc1ccc(C(=O)c2ccc([N+](=O)[O-])o2)cc1. The van der Waals surface area contributed by atoms with Crippen LogP contribution in [0.5, 0.6) is 5.75 Å². The third kappa shape index (κ3) is 2.22. The van der Waals surface area contributed by atoms with Crippen LogP contribution in [0.4, 0.5) is 5.88 Å². The van der Waals surface area contributed by atoms with E-state index in [2.05, 4.69) is 0 Å². The molecule has 18 heavy (non-hydrogen) atoms. The first-order chi connectivity index (χ1) is 8.61. The predicted molar refractivity (Wildman–Crippen MR) is 61.8 cm³/mol. The van der Waals surface area contributed by atoms with Crippen molar-refractivity contribution < 1.29 is 18.9 Å². The van der Waals surface area contributed by atoms with Crippen LogP contribution in [0.3, 0.4) is 0 Å². The molecule has 92 valence electrons. The Balaban J connectivity index is 2.26. The van der Waals surface area contributed by atoms with Crippen molar-refractivity contribution in [2.24, 2.45) is 0 Å². The lowest BCUT2D eigenvalue weighted by atomic mass is 10.1. The van der Waals surface area contributed by atoms with Crippen LogP contribution in [-0.2, 0) is 0 Å². The third-order valence-electron chi connectivity index (χ3n) is 2.35. The van der Waals surface area contributed by atoms with Crippen LogP contribution in [0.15, 0.2) is 40.8 Å². The van der Waals surface area contributed by atoms with Gasteiger partial charge in [-0.3, -0.25) is 14.9 Å². The molecule has 0 fully saturated rings. The van der Waals surface area contributed by atoms with Crippen LogP contribution in [-0.4, -0.2) is 17.8 Å². The first-order valence-corrected chi connectivity index (χ1v) is 5.05. The Hall–Kier alpha value is -2.63. The second kappa shape index (κ2) is 4.70. The quantitative estimate of drug-likeness (QED) is 0.470.